The van der Waals surface area contributed by atoms with E-state index in [0.717, 1.165) is 17.0 Å². The van der Waals surface area contributed by atoms with Crippen LogP contribution >= 0.6 is 23.2 Å². The second kappa shape index (κ2) is 8.40. The molecule has 8 heteroatoms. The number of methoxy groups -OCH3 is 1. The molecule has 0 saturated heterocycles. The average Bonchev–Trinajstić information content (AvgIpc) is 3.01. The highest BCUT2D eigenvalue weighted by Gasteiger charge is 2.22. The fourth-order valence-corrected chi connectivity index (χ4v) is 3.04. The van der Waals surface area contributed by atoms with Crippen molar-refractivity contribution in [3.8, 4) is 11.4 Å². The van der Waals surface area contributed by atoms with Crippen molar-refractivity contribution in [2.75, 3.05) is 13.7 Å². The molecule has 0 radical (unpaired) electrons. The maximum Gasteiger partial charge on any atom is 0.431 e. The lowest BCUT2D eigenvalue weighted by atomic mass is 10.1. The molecule has 0 spiro atoms. The zero-order chi connectivity index (χ0) is 18.5. The SMILES string of the molecule is COc1ccc(-[n+]2[nH]oc(=O)c2CNCCc2ccc(Cl)cc2Cl)cc1. The Bertz CT molecular complexity index is 936. The van der Waals surface area contributed by atoms with E-state index in [0.29, 0.717) is 35.2 Å². The van der Waals surface area contributed by atoms with E-state index in [4.69, 9.17) is 32.5 Å². The van der Waals surface area contributed by atoms with Crippen LogP contribution in [0.15, 0.2) is 51.8 Å². The standard InChI is InChI=1S/C18H17Cl2N3O3/c1-25-15-6-4-14(5-7-15)23-17(18(24)26-22-23)11-21-9-8-12-2-3-13(19)10-16(12)20/h2-7,10,21H,8-9,11H2,1H3/p+1. The molecule has 6 nitrogen and oxygen atoms in total. The molecule has 0 aliphatic heterocycles. The average molecular weight is 395 g/mol. The lowest BCUT2D eigenvalue weighted by molar-refractivity contribution is -0.677. The number of H-pyrrole nitrogens is 1. The Morgan fingerprint density at radius 3 is 2.65 bits per heavy atom. The molecule has 1 aromatic heterocycles. The summed E-state index contributed by atoms with van der Waals surface area (Å²) in [4.78, 5) is 12.0. The number of hydrogen-bond donors (Lipinski definition) is 2. The monoisotopic (exact) mass is 394 g/mol. The largest absolute Gasteiger partial charge is 0.497 e. The second-order valence-corrected chi connectivity index (χ2v) is 6.47. The van der Waals surface area contributed by atoms with Gasteiger partial charge >= 0.3 is 11.3 Å². The van der Waals surface area contributed by atoms with E-state index in [1.54, 1.807) is 23.9 Å². The molecule has 2 N–H and O–H groups in total. The Morgan fingerprint density at radius 2 is 1.96 bits per heavy atom. The van der Waals surface area contributed by atoms with Gasteiger partial charge in [0, 0.05) is 22.2 Å². The van der Waals surface area contributed by atoms with Crippen LogP contribution in [-0.4, -0.2) is 18.9 Å². The normalized spacial score (nSPS) is 10.9. The molecular weight excluding hydrogens is 377 g/mol. The molecule has 0 saturated carbocycles. The molecule has 26 heavy (non-hydrogen) atoms. The lowest BCUT2D eigenvalue weighted by Gasteiger charge is -2.05. The van der Waals surface area contributed by atoms with Crippen LogP contribution in [0.1, 0.15) is 11.3 Å². The van der Waals surface area contributed by atoms with Crippen LogP contribution in [0.4, 0.5) is 0 Å². The van der Waals surface area contributed by atoms with Gasteiger partial charge in [-0.25, -0.2) is 4.79 Å². The van der Waals surface area contributed by atoms with Gasteiger partial charge in [0.15, 0.2) is 0 Å². The minimum absolute atomic E-state index is 0.350. The number of ether oxygens (including phenoxy) is 1. The van der Waals surface area contributed by atoms with Gasteiger partial charge in [-0.05, 0) is 52.7 Å². The van der Waals surface area contributed by atoms with Crippen molar-refractivity contribution in [1.29, 1.82) is 0 Å². The van der Waals surface area contributed by atoms with Crippen molar-refractivity contribution >= 4 is 23.2 Å². The third-order valence-corrected chi connectivity index (χ3v) is 4.53. The molecular formula is C18H18Cl2N3O3+. The van der Waals surface area contributed by atoms with E-state index in [-0.39, 0.29) is 0 Å². The van der Waals surface area contributed by atoms with Gasteiger partial charge in [0.2, 0.25) is 5.69 Å². The number of hydrogen-bond acceptors (Lipinski definition) is 4. The van der Waals surface area contributed by atoms with E-state index >= 15 is 0 Å². The molecule has 3 rings (SSSR count). The molecule has 0 aliphatic rings. The molecule has 136 valence electrons. The summed E-state index contributed by atoms with van der Waals surface area (Å²) >= 11 is 12.1. The predicted octanol–water partition coefficient (Wildman–Crippen LogP) is 2.89. The van der Waals surface area contributed by atoms with Crippen molar-refractivity contribution in [3.63, 3.8) is 0 Å². The molecule has 2 aromatic carbocycles. The van der Waals surface area contributed by atoms with E-state index in [1.807, 2.05) is 30.3 Å². The summed E-state index contributed by atoms with van der Waals surface area (Å²) in [5.74, 6) is 0.736. The number of aromatic amines is 1. The fraction of sp³-hybridized carbons (Fsp3) is 0.222. The third-order valence-electron chi connectivity index (χ3n) is 3.94. The Hall–Kier alpha value is -2.28. The highest BCUT2D eigenvalue weighted by molar-refractivity contribution is 6.35. The maximum atomic E-state index is 12.0. The second-order valence-electron chi connectivity index (χ2n) is 5.62. The molecule has 0 unspecified atom stereocenters. The van der Waals surface area contributed by atoms with E-state index in [9.17, 15) is 4.79 Å². The molecule has 0 atom stereocenters. The number of halogens is 2. The van der Waals surface area contributed by atoms with Crippen LogP contribution in [0.2, 0.25) is 10.0 Å². The van der Waals surface area contributed by atoms with Crippen LogP contribution in [0.3, 0.4) is 0 Å². The smallest absolute Gasteiger partial charge is 0.431 e. The number of nitrogens with zero attached hydrogens (tertiary/aromatic N) is 1. The molecule has 0 fully saturated rings. The predicted molar refractivity (Wildman–Crippen MR) is 99.3 cm³/mol. The highest BCUT2D eigenvalue weighted by atomic mass is 35.5. The zero-order valence-corrected chi connectivity index (χ0v) is 15.6. The molecule has 3 aromatic rings. The first-order valence-electron chi connectivity index (χ1n) is 8.00. The van der Waals surface area contributed by atoms with E-state index in [1.165, 1.54) is 0 Å². The molecule has 0 bridgehead atoms. The first kappa shape index (κ1) is 18.5. The van der Waals surface area contributed by atoms with Gasteiger partial charge in [0.1, 0.15) is 5.75 Å². The van der Waals surface area contributed by atoms with Crippen molar-refractivity contribution in [1.82, 2.24) is 10.6 Å². The first-order valence-corrected chi connectivity index (χ1v) is 8.75. The zero-order valence-electron chi connectivity index (χ0n) is 14.1. The van der Waals surface area contributed by atoms with Crippen molar-refractivity contribution in [2.45, 2.75) is 13.0 Å². The van der Waals surface area contributed by atoms with E-state index in [2.05, 4.69) is 10.6 Å². The van der Waals surface area contributed by atoms with Crippen LogP contribution in [0.5, 0.6) is 5.75 Å². The Labute approximate surface area is 160 Å². The Kier molecular flexibility index (Phi) is 5.98. The molecule has 0 aliphatic carbocycles. The fourth-order valence-electron chi connectivity index (χ4n) is 2.54. The topological polar surface area (TPSA) is 71.1 Å². The quantitative estimate of drug-likeness (QED) is 0.477. The number of benzene rings is 2. The van der Waals surface area contributed by atoms with Crippen LogP contribution in [0.25, 0.3) is 5.69 Å². The third kappa shape index (κ3) is 4.27. The molecule has 0 amide bonds. The van der Waals surface area contributed by atoms with Crippen molar-refractivity contribution in [3.05, 3.63) is 74.2 Å². The number of aromatic nitrogens is 2. The van der Waals surface area contributed by atoms with Gasteiger partial charge in [-0.15, -0.1) is 0 Å². The summed E-state index contributed by atoms with van der Waals surface area (Å²) in [6.07, 6.45) is 0.717. The summed E-state index contributed by atoms with van der Waals surface area (Å²) in [7, 11) is 1.60. The summed E-state index contributed by atoms with van der Waals surface area (Å²) in [6, 6.07) is 12.7. The highest BCUT2D eigenvalue weighted by Crippen LogP contribution is 2.21. The minimum Gasteiger partial charge on any atom is -0.497 e. The van der Waals surface area contributed by atoms with E-state index < -0.39 is 5.63 Å². The van der Waals surface area contributed by atoms with Gasteiger partial charge in [0.05, 0.1) is 13.7 Å². The lowest BCUT2D eigenvalue weighted by Crippen LogP contribution is -2.41. The number of nitrogens with one attached hydrogen (secondary N) is 2. The van der Waals surface area contributed by atoms with Crippen LogP contribution in [0, 0.1) is 0 Å². The summed E-state index contributed by atoms with van der Waals surface area (Å²) in [5, 5.41) is 7.09. The Balaban J connectivity index is 1.65. The first-order chi connectivity index (χ1) is 12.6. The van der Waals surface area contributed by atoms with Crippen molar-refractivity contribution < 1.29 is 13.9 Å². The van der Waals surface area contributed by atoms with Crippen LogP contribution < -0.4 is 20.4 Å². The van der Waals surface area contributed by atoms with Crippen LogP contribution in [-0.2, 0) is 13.0 Å². The minimum atomic E-state index is -0.419. The maximum absolute atomic E-state index is 12.0. The summed E-state index contributed by atoms with van der Waals surface area (Å²) in [5.41, 5.74) is 1.82. The van der Waals surface area contributed by atoms with Gasteiger partial charge in [-0.3, -0.25) is 4.52 Å². The van der Waals surface area contributed by atoms with Gasteiger partial charge in [0.25, 0.3) is 0 Å². The van der Waals surface area contributed by atoms with Gasteiger partial charge in [-0.1, -0.05) is 29.3 Å². The summed E-state index contributed by atoms with van der Waals surface area (Å²) < 4.78 is 11.7. The Morgan fingerprint density at radius 1 is 1.19 bits per heavy atom. The summed E-state index contributed by atoms with van der Waals surface area (Å²) in [6.45, 7) is 0.998. The number of rotatable bonds is 7. The van der Waals surface area contributed by atoms with Gasteiger partial charge < -0.3 is 10.1 Å². The van der Waals surface area contributed by atoms with Gasteiger partial charge in [-0.2, -0.15) is 0 Å². The van der Waals surface area contributed by atoms with Crippen molar-refractivity contribution in [2.24, 2.45) is 0 Å². The molecule has 1 heterocycles.